The van der Waals surface area contributed by atoms with Crippen molar-refractivity contribution >= 4 is 0 Å². The van der Waals surface area contributed by atoms with E-state index in [4.69, 9.17) is 0 Å². The third-order valence-electron chi connectivity index (χ3n) is 2.53. The Balaban J connectivity index is 2.39. The number of benzene rings is 1. The number of hydrogen-bond acceptors (Lipinski definition) is 2. The molecular formula is C12H13FN2O. The van der Waals surface area contributed by atoms with Crippen LogP contribution in [0.25, 0.3) is 0 Å². The Kier molecular flexibility index (Phi) is 3.01. The fraction of sp³-hybridized carbons (Fsp3) is 0.250. The molecule has 0 aliphatic carbocycles. The zero-order valence-corrected chi connectivity index (χ0v) is 8.97. The van der Waals surface area contributed by atoms with Gasteiger partial charge >= 0.3 is 0 Å². The molecule has 0 fully saturated rings. The van der Waals surface area contributed by atoms with E-state index >= 15 is 0 Å². The molecule has 1 aromatic carbocycles. The number of aryl methyl sites for hydroxylation is 1. The van der Waals surface area contributed by atoms with E-state index in [2.05, 4.69) is 4.98 Å². The summed E-state index contributed by atoms with van der Waals surface area (Å²) in [7, 11) is 0. The molecule has 0 aliphatic heterocycles. The van der Waals surface area contributed by atoms with Crippen molar-refractivity contribution in [1.82, 2.24) is 9.55 Å². The largest absolute Gasteiger partial charge is 0.380 e. The van der Waals surface area contributed by atoms with E-state index in [1.165, 1.54) is 6.07 Å². The number of rotatable bonds is 3. The van der Waals surface area contributed by atoms with E-state index in [0.29, 0.717) is 12.4 Å². The molecule has 2 rings (SSSR count). The molecule has 0 aliphatic rings. The molecule has 0 saturated heterocycles. The summed E-state index contributed by atoms with van der Waals surface area (Å²) < 4.78 is 15.3. The van der Waals surface area contributed by atoms with Gasteiger partial charge in [-0.15, -0.1) is 0 Å². The number of aromatic nitrogens is 2. The summed E-state index contributed by atoms with van der Waals surface area (Å²) in [6.07, 6.45) is 2.35. The third kappa shape index (κ3) is 1.84. The number of imidazole rings is 1. The maximum atomic E-state index is 13.5. The second-order valence-electron chi connectivity index (χ2n) is 3.50. The first-order valence-corrected chi connectivity index (χ1v) is 5.17. The maximum Gasteiger partial charge on any atom is 0.142 e. The maximum absolute atomic E-state index is 13.5. The van der Waals surface area contributed by atoms with Crippen LogP contribution in [0.1, 0.15) is 24.4 Å². The third-order valence-corrected chi connectivity index (χ3v) is 2.53. The predicted molar refractivity (Wildman–Crippen MR) is 58.4 cm³/mol. The molecule has 16 heavy (non-hydrogen) atoms. The van der Waals surface area contributed by atoms with E-state index in [0.717, 1.165) is 0 Å². The number of nitrogens with zero attached hydrogens (tertiary/aromatic N) is 2. The molecule has 2 aromatic rings. The van der Waals surface area contributed by atoms with Crippen molar-refractivity contribution in [3.05, 3.63) is 53.9 Å². The van der Waals surface area contributed by atoms with Crippen molar-refractivity contribution < 1.29 is 9.50 Å². The minimum absolute atomic E-state index is 0.253. The van der Waals surface area contributed by atoms with Gasteiger partial charge in [0.1, 0.15) is 17.7 Å². The highest BCUT2D eigenvalue weighted by Crippen LogP contribution is 2.22. The molecule has 1 aromatic heterocycles. The van der Waals surface area contributed by atoms with Crippen molar-refractivity contribution in [3.63, 3.8) is 0 Å². The second kappa shape index (κ2) is 4.45. The van der Waals surface area contributed by atoms with Gasteiger partial charge < -0.3 is 9.67 Å². The summed E-state index contributed by atoms with van der Waals surface area (Å²) in [5, 5.41) is 10.1. The highest BCUT2D eigenvalue weighted by molar-refractivity contribution is 5.24. The van der Waals surface area contributed by atoms with Gasteiger partial charge in [0, 0.05) is 24.5 Å². The van der Waals surface area contributed by atoms with Crippen LogP contribution >= 0.6 is 0 Å². The molecule has 1 atom stereocenters. The normalized spacial score (nSPS) is 12.7. The van der Waals surface area contributed by atoms with Crippen LogP contribution in [-0.4, -0.2) is 14.7 Å². The van der Waals surface area contributed by atoms with Crippen molar-refractivity contribution in [2.45, 2.75) is 19.6 Å². The summed E-state index contributed by atoms with van der Waals surface area (Å²) in [4.78, 5) is 4.05. The standard InChI is InChI=1S/C12H13FN2O/c1-2-15-8-7-14-12(15)11(16)9-5-3-4-6-10(9)13/h3-8,11,16H,2H2,1H3. The van der Waals surface area contributed by atoms with E-state index in [1.807, 2.05) is 6.92 Å². The molecule has 0 bridgehead atoms. The molecule has 4 heteroatoms. The van der Waals surface area contributed by atoms with Crippen LogP contribution in [0.4, 0.5) is 4.39 Å². The van der Waals surface area contributed by atoms with Crippen LogP contribution < -0.4 is 0 Å². The smallest absolute Gasteiger partial charge is 0.142 e. The highest BCUT2D eigenvalue weighted by Gasteiger charge is 2.18. The number of halogens is 1. The van der Waals surface area contributed by atoms with E-state index in [-0.39, 0.29) is 5.56 Å². The minimum Gasteiger partial charge on any atom is -0.380 e. The predicted octanol–water partition coefficient (Wildman–Crippen LogP) is 2.12. The topological polar surface area (TPSA) is 38.0 Å². The molecule has 84 valence electrons. The van der Waals surface area contributed by atoms with Gasteiger partial charge in [0.05, 0.1) is 0 Å². The Hall–Kier alpha value is -1.68. The van der Waals surface area contributed by atoms with Gasteiger partial charge in [-0.3, -0.25) is 0 Å². The molecule has 0 radical (unpaired) electrons. The van der Waals surface area contributed by atoms with Crippen LogP contribution in [0.15, 0.2) is 36.7 Å². The highest BCUT2D eigenvalue weighted by atomic mass is 19.1. The Labute approximate surface area is 93.2 Å². The average molecular weight is 220 g/mol. The SMILES string of the molecule is CCn1ccnc1C(O)c1ccccc1F. The van der Waals surface area contributed by atoms with E-state index < -0.39 is 11.9 Å². The molecule has 1 heterocycles. The van der Waals surface area contributed by atoms with Crippen LogP contribution in [0.5, 0.6) is 0 Å². The van der Waals surface area contributed by atoms with Gasteiger partial charge in [-0.1, -0.05) is 18.2 Å². The van der Waals surface area contributed by atoms with E-state index in [1.54, 1.807) is 35.2 Å². The molecule has 3 nitrogen and oxygen atoms in total. The van der Waals surface area contributed by atoms with Gasteiger partial charge in [0.25, 0.3) is 0 Å². The second-order valence-corrected chi connectivity index (χ2v) is 3.50. The van der Waals surface area contributed by atoms with Gasteiger partial charge in [0.15, 0.2) is 0 Å². The fourth-order valence-corrected chi connectivity index (χ4v) is 1.67. The Morgan fingerprint density at radius 3 is 2.88 bits per heavy atom. The van der Waals surface area contributed by atoms with Crippen molar-refractivity contribution in [2.24, 2.45) is 0 Å². The molecule has 0 saturated carbocycles. The lowest BCUT2D eigenvalue weighted by atomic mass is 10.1. The lowest BCUT2D eigenvalue weighted by molar-refractivity contribution is 0.200. The molecule has 0 amide bonds. The Morgan fingerprint density at radius 2 is 2.19 bits per heavy atom. The first kappa shape index (κ1) is 10.8. The minimum atomic E-state index is -1.02. The van der Waals surface area contributed by atoms with Crippen LogP contribution in [0, 0.1) is 5.82 Å². The van der Waals surface area contributed by atoms with Crippen LogP contribution in [-0.2, 0) is 6.54 Å². The van der Waals surface area contributed by atoms with Crippen molar-refractivity contribution in [2.75, 3.05) is 0 Å². The fourth-order valence-electron chi connectivity index (χ4n) is 1.67. The number of hydrogen-bond donors (Lipinski definition) is 1. The molecular weight excluding hydrogens is 207 g/mol. The van der Waals surface area contributed by atoms with Crippen LogP contribution in [0.3, 0.4) is 0 Å². The molecule has 1 N–H and O–H groups in total. The summed E-state index contributed by atoms with van der Waals surface area (Å²) in [5.41, 5.74) is 0.253. The lowest BCUT2D eigenvalue weighted by Crippen LogP contribution is -2.10. The summed E-state index contributed by atoms with van der Waals surface area (Å²) in [6, 6.07) is 6.19. The van der Waals surface area contributed by atoms with Crippen LogP contribution in [0.2, 0.25) is 0 Å². The summed E-state index contributed by atoms with van der Waals surface area (Å²) in [6.45, 7) is 2.64. The number of aliphatic hydroxyl groups is 1. The molecule has 0 spiro atoms. The first-order chi connectivity index (χ1) is 7.74. The van der Waals surface area contributed by atoms with Gasteiger partial charge in [0.2, 0.25) is 0 Å². The average Bonchev–Trinajstić information content (AvgIpc) is 2.77. The Morgan fingerprint density at radius 1 is 1.44 bits per heavy atom. The summed E-state index contributed by atoms with van der Waals surface area (Å²) in [5.74, 6) is 0.0493. The quantitative estimate of drug-likeness (QED) is 0.860. The monoisotopic (exact) mass is 220 g/mol. The van der Waals surface area contributed by atoms with Gasteiger partial charge in [-0.2, -0.15) is 0 Å². The van der Waals surface area contributed by atoms with Crippen molar-refractivity contribution in [3.8, 4) is 0 Å². The zero-order chi connectivity index (χ0) is 11.5. The lowest BCUT2D eigenvalue weighted by Gasteiger charge is -2.12. The van der Waals surface area contributed by atoms with Gasteiger partial charge in [-0.05, 0) is 13.0 Å². The Bertz CT molecular complexity index is 481. The molecule has 1 unspecified atom stereocenters. The van der Waals surface area contributed by atoms with Gasteiger partial charge in [-0.25, -0.2) is 9.37 Å². The van der Waals surface area contributed by atoms with Crippen molar-refractivity contribution in [1.29, 1.82) is 0 Å². The summed E-state index contributed by atoms with van der Waals surface area (Å²) >= 11 is 0. The first-order valence-electron chi connectivity index (χ1n) is 5.17. The van der Waals surface area contributed by atoms with E-state index in [9.17, 15) is 9.50 Å². The zero-order valence-electron chi connectivity index (χ0n) is 8.97. The number of aliphatic hydroxyl groups excluding tert-OH is 1.